The maximum Gasteiger partial charge on any atom is 0.280 e. The molecule has 0 saturated carbocycles. The van der Waals surface area contributed by atoms with Gasteiger partial charge in [0.05, 0.1) is 10.5 Å². The van der Waals surface area contributed by atoms with Crippen LogP contribution in [-0.2, 0) is 5.33 Å². The molecule has 0 aliphatic heterocycles. The average molecular weight is 242 g/mol. The van der Waals surface area contributed by atoms with E-state index in [1.54, 1.807) is 18.2 Å². The third kappa shape index (κ3) is 1.95. The molecule has 68 valence electrons. The molecule has 0 radical (unpaired) electrons. The van der Waals surface area contributed by atoms with Crippen molar-refractivity contribution in [1.82, 2.24) is 0 Å². The van der Waals surface area contributed by atoms with Gasteiger partial charge in [0.25, 0.3) is 5.69 Å². The minimum Gasteiger partial charge on any atom is -0.258 e. The van der Waals surface area contributed by atoms with Crippen LogP contribution < -0.4 is 0 Å². The first-order chi connectivity index (χ1) is 6.20. The Hall–Kier alpha value is -1.16. The Morgan fingerprint density at radius 3 is 2.77 bits per heavy atom. The molecular formula is C9H8BrNO2. The largest absolute Gasteiger partial charge is 0.280 e. The fourth-order valence-corrected chi connectivity index (χ4v) is 1.56. The lowest BCUT2D eigenvalue weighted by atomic mass is 10.1. The van der Waals surface area contributed by atoms with Gasteiger partial charge in [0, 0.05) is 10.9 Å². The van der Waals surface area contributed by atoms with Crippen molar-refractivity contribution < 1.29 is 4.92 Å². The summed E-state index contributed by atoms with van der Waals surface area (Å²) in [6.07, 6.45) is 1.49. The van der Waals surface area contributed by atoms with Crippen molar-refractivity contribution in [3.05, 3.63) is 46.0 Å². The summed E-state index contributed by atoms with van der Waals surface area (Å²) in [5, 5.41) is 11.2. The molecule has 0 atom stereocenters. The van der Waals surface area contributed by atoms with Crippen LogP contribution in [0.2, 0.25) is 0 Å². The van der Waals surface area contributed by atoms with Crippen molar-refractivity contribution in [1.29, 1.82) is 0 Å². The molecule has 1 aromatic carbocycles. The van der Waals surface area contributed by atoms with Crippen molar-refractivity contribution in [2.75, 3.05) is 0 Å². The predicted molar refractivity (Wildman–Crippen MR) is 55.8 cm³/mol. The van der Waals surface area contributed by atoms with E-state index in [1.165, 1.54) is 6.08 Å². The molecule has 0 saturated heterocycles. The second kappa shape index (κ2) is 4.18. The number of nitro benzene ring substituents is 1. The Morgan fingerprint density at radius 1 is 1.62 bits per heavy atom. The summed E-state index contributed by atoms with van der Waals surface area (Å²) in [6.45, 7) is 3.53. The molecule has 1 aromatic rings. The van der Waals surface area contributed by atoms with Crippen molar-refractivity contribution in [2.45, 2.75) is 5.33 Å². The number of rotatable bonds is 3. The molecule has 0 aliphatic rings. The van der Waals surface area contributed by atoms with Gasteiger partial charge in [-0.05, 0) is 6.07 Å². The second-order valence-electron chi connectivity index (χ2n) is 2.45. The summed E-state index contributed by atoms with van der Waals surface area (Å²) in [6, 6.07) is 5.18. The van der Waals surface area contributed by atoms with Gasteiger partial charge in [-0.3, -0.25) is 10.1 Å². The first-order valence-electron chi connectivity index (χ1n) is 3.65. The molecule has 0 heterocycles. The highest BCUT2D eigenvalue weighted by atomic mass is 79.9. The van der Waals surface area contributed by atoms with Crippen molar-refractivity contribution in [3.8, 4) is 0 Å². The van der Waals surface area contributed by atoms with Crippen LogP contribution >= 0.6 is 15.9 Å². The lowest BCUT2D eigenvalue weighted by Crippen LogP contribution is -1.95. The van der Waals surface area contributed by atoms with E-state index >= 15 is 0 Å². The van der Waals surface area contributed by atoms with Gasteiger partial charge in [-0.2, -0.15) is 0 Å². The van der Waals surface area contributed by atoms with E-state index in [1.807, 2.05) is 0 Å². The highest BCUT2D eigenvalue weighted by Crippen LogP contribution is 2.26. The Bertz CT molecular complexity index is 349. The van der Waals surface area contributed by atoms with E-state index in [0.29, 0.717) is 16.5 Å². The summed E-state index contributed by atoms with van der Waals surface area (Å²) in [4.78, 5) is 10.3. The maximum absolute atomic E-state index is 10.7. The van der Waals surface area contributed by atoms with Gasteiger partial charge >= 0.3 is 0 Å². The van der Waals surface area contributed by atoms with E-state index in [0.717, 1.165) is 0 Å². The maximum atomic E-state index is 10.7. The van der Waals surface area contributed by atoms with Crippen molar-refractivity contribution >= 4 is 27.7 Å². The van der Waals surface area contributed by atoms with Gasteiger partial charge in [-0.25, -0.2) is 0 Å². The number of halogens is 1. The van der Waals surface area contributed by atoms with Crippen molar-refractivity contribution in [3.63, 3.8) is 0 Å². The molecule has 1 rings (SSSR count). The zero-order chi connectivity index (χ0) is 9.84. The quantitative estimate of drug-likeness (QED) is 0.464. The molecule has 3 nitrogen and oxygen atoms in total. The predicted octanol–water partition coefficient (Wildman–Crippen LogP) is 3.13. The van der Waals surface area contributed by atoms with Gasteiger partial charge in [0.15, 0.2) is 0 Å². The van der Waals surface area contributed by atoms with Crippen LogP contribution in [-0.4, -0.2) is 4.92 Å². The molecule has 0 aliphatic carbocycles. The Labute approximate surface area is 84.4 Å². The molecular weight excluding hydrogens is 234 g/mol. The smallest absolute Gasteiger partial charge is 0.258 e. The lowest BCUT2D eigenvalue weighted by Gasteiger charge is -2.01. The molecule has 13 heavy (non-hydrogen) atoms. The van der Waals surface area contributed by atoms with Gasteiger partial charge in [0.1, 0.15) is 0 Å². The molecule has 4 heteroatoms. The summed E-state index contributed by atoms with van der Waals surface area (Å²) in [5.41, 5.74) is 1.36. The van der Waals surface area contributed by atoms with E-state index in [-0.39, 0.29) is 10.6 Å². The zero-order valence-electron chi connectivity index (χ0n) is 6.87. The third-order valence-corrected chi connectivity index (χ3v) is 2.30. The summed E-state index contributed by atoms with van der Waals surface area (Å²) in [5.74, 6) is 0. The average Bonchev–Trinajstić information content (AvgIpc) is 2.16. The SMILES string of the molecule is C=Cc1cccc(CBr)c1[N+](=O)[O-]. The fourth-order valence-electron chi connectivity index (χ4n) is 1.11. The Kier molecular flexibility index (Phi) is 3.19. The minimum atomic E-state index is -0.381. The van der Waals surface area contributed by atoms with E-state index in [4.69, 9.17) is 0 Å². The number of hydrogen-bond acceptors (Lipinski definition) is 2. The monoisotopic (exact) mass is 241 g/mol. The Morgan fingerprint density at radius 2 is 2.31 bits per heavy atom. The zero-order valence-corrected chi connectivity index (χ0v) is 8.45. The van der Waals surface area contributed by atoms with Crippen LogP contribution in [0, 0.1) is 10.1 Å². The number of hydrogen-bond donors (Lipinski definition) is 0. The van der Waals surface area contributed by atoms with E-state index in [9.17, 15) is 10.1 Å². The lowest BCUT2D eigenvalue weighted by molar-refractivity contribution is -0.385. The Balaban J connectivity index is 3.38. The van der Waals surface area contributed by atoms with E-state index < -0.39 is 0 Å². The number of alkyl halides is 1. The van der Waals surface area contributed by atoms with Crippen LogP contribution in [0.3, 0.4) is 0 Å². The van der Waals surface area contributed by atoms with Crippen LogP contribution in [0.15, 0.2) is 24.8 Å². The molecule has 0 N–H and O–H groups in total. The number of nitro groups is 1. The molecule has 0 amide bonds. The normalized spacial score (nSPS) is 9.62. The highest BCUT2D eigenvalue weighted by Gasteiger charge is 2.15. The molecule has 0 spiro atoms. The van der Waals surface area contributed by atoms with Crippen LogP contribution in [0.4, 0.5) is 5.69 Å². The summed E-state index contributed by atoms with van der Waals surface area (Å²) < 4.78 is 0. The number of benzene rings is 1. The van der Waals surface area contributed by atoms with Crippen LogP contribution in [0.25, 0.3) is 6.08 Å². The van der Waals surface area contributed by atoms with Gasteiger partial charge in [-0.15, -0.1) is 0 Å². The molecule has 0 fully saturated rings. The standard InChI is InChI=1S/C9H8BrNO2/c1-2-7-4-3-5-8(6-10)9(7)11(12)13/h2-5H,1,6H2. The van der Waals surface area contributed by atoms with Gasteiger partial charge < -0.3 is 0 Å². The van der Waals surface area contributed by atoms with Gasteiger partial charge in [-0.1, -0.05) is 40.7 Å². The molecule has 0 aromatic heterocycles. The van der Waals surface area contributed by atoms with Crippen LogP contribution in [0.5, 0.6) is 0 Å². The third-order valence-electron chi connectivity index (χ3n) is 1.70. The van der Waals surface area contributed by atoms with E-state index in [2.05, 4.69) is 22.5 Å². The first kappa shape index (κ1) is 9.92. The second-order valence-corrected chi connectivity index (χ2v) is 3.01. The van der Waals surface area contributed by atoms with Crippen molar-refractivity contribution in [2.24, 2.45) is 0 Å². The first-order valence-corrected chi connectivity index (χ1v) is 4.77. The fraction of sp³-hybridized carbons (Fsp3) is 0.111. The minimum absolute atomic E-state index is 0.134. The number of para-hydroxylation sites is 1. The summed E-state index contributed by atoms with van der Waals surface area (Å²) >= 11 is 3.20. The topological polar surface area (TPSA) is 43.1 Å². The molecule has 0 unspecified atom stereocenters. The molecule has 0 bridgehead atoms. The van der Waals surface area contributed by atoms with Crippen LogP contribution in [0.1, 0.15) is 11.1 Å². The number of nitrogens with zero attached hydrogens (tertiary/aromatic N) is 1. The summed E-state index contributed by atoms with van der Waals surface area (Å²) in [7, 11) is 0. The van der Waals surface area contributed by atoms with Gasteiger partial charge in [0.2, 0.25) is 0 Å². The highest BCUT2D eigenvalue weighted by molar-refractivity contribution is 9.08.